The molecule has 146 valence electrons. The van der Waals surface area contributed by atoms with E-state index in [1.807, 2.05) is 11.8 Å². The maximum absolute atomic E-state index is 12.4. The van der Waals surface area contributed by atoms with Crippen LogP contribution in [-0.4, -0.2) is 33.9 Å². The highest BCUT2D eigenvalue weighted by molar-refractivity contribution is 6.39. The molecule has 1 amide bonds. The van der Waals surface area contributed by atoms with Gasteiger partial charge < -0.3 is 10.3 Å². The van der Waals surface area contributed by atoms with E-state index in [0.29, 0.717) is 50.6 Å². The van der Waals surface area contributed by atoms with Crippen molar-refractivity contribution < 1.29 is 4.79 Å². The Hall–Kier alpha value is -2.12. The summed E-state index contributed by atoms with van der Waals surface area (Å²) in [5.41, 5.74) is 0.651. The number of para-hydroxylation sites is 1. The van der Waals surface area contributed by atoms with Gasteiger partial charge >= 0.3 is 0 Å². The predicted molar refractivity (Wildman–Crippen MR) is 113 cm³/mol. The highest BCUT2D eigenvalue weighted by atomic mass is 35.5. The fourth-order valence-electron chi connectivity index (χ4n) is 2.72. The van der Waals surface area contributed by atoms with Gasteiger partial charge in [-0.05, 0) is 36.9 Å². The van der Waals surface area contributed by atoms with E-state index in [2.05, 4.69) is 15.3 Å². The number of nitrogens with zero attached hydrogens (tertiary/aromatic N) is 2. The van der Waals surface area contributed by atoms with Crippen LogP contribution in [0.4, 0.5) is 5.69 Å². The van der Waals surface area contributed by atoms with Crippen molar-refractivity contribution in [3.05, 3.63) is 67.6 Å². The lowest BCUT2D eigenvalue weighted by Gasteiger charge is -2.20. The maximum atomic E-state index is 12.4. The normalized spacial score (nSPS) is 11.2. The Morgan fingerprint density at radius 3 is 2.57 bits per heavy atom. The van der Waals surface area contributed by atoms with Crippen LogP contribution in [0, 0.1) is 0 Å². The largest absolute Gasteiger partial charge is 0.322 e. The molecule has 0 atom stereocenters. The Morgan fingerprint density at radius 2 is 1.89 bits per heavy atom. The van der Waals surface area contributed by atoms with E-state index in [1.165, 1.54) is 0 Å². The zero-order chi connectivity index (χ0) is 20.3. The van der Waals surface area contributed by atoms with Gasteiger partial charge in [-0.15, -0.1) is 0 Å². The number of rotatable bonds is 6. The molecular weight excluding hydrogens is 423 g/mol. The molecule has 0 aliphatic rings. The number of likely N-dealkylation sites (N-methyl/N-ethyl adjacent to an activating group) is 1. The third-order valence-corrected chi connectivity index (χ3v) is 5.00. The van der Waals surface area contributed by atoms with Gasteiger partial charge in [-0.25, -0.2) is 4.98 Å². The zero-order valence-corrected chi connectivity index (χ0v) is 17.2. The first-order valence-corrected chi connectivity index (χ1v) is 9.65. The average Bonchev–Trinajstić information content (AvgIpc) is 2.65. The van der Waals surface area contributed by atoms with Crippen molar-refractivity contribution in [1.82, 2.24) is 14.9 Å². The molecule has 0 fully saturated rings. The first kappa shape index (κ1) is 20.6. The minimum atomic E-state index is -0.272. The molecular formula is C19H17Cl3N4O2. The summed E-state index contributed by atoms with van der Waals surface area (Å²) in [7, 11) is 0. The van der Waals surface area contributed by atoms with E-state index in [-0.39, 0.29) is 18.0 Å². The number of amides is 1. The van der Waals surface area contributed by atoms with Crippen LogP contribution < -0.4 is 10.9 Å². The van der Waals surface area contributed by atoms with Crippen molar-refractivity contribution in [3.63, 3.8) is 0 Å². The maximum Gasteiger partial charge on any atom is 0.258 e. The van der Waals surface area contributed by atoms with Gasteiger partial charge in [0, 0.05) is 5.02 Å². The van der Waals surface area contributed by atoms with Gasteiger partial charge in [0.05, 0.1) is 39.7 Å². The Bertz CT molecular complexity index is 1060. The number of aromatic nitrogens is 2. The van der Waals surface area contributed by atoms with Crippen LogP contribution in [0.15, 0.2) is 41.2 Å². The number of carbonyl (C=O) groups excluding carboxylic acids is 1. The van der Waals surface area contributed by atoms with Crippen molar-refractivity contribution >= 4 is 57.3 Å². The summed E-state index contributed by atoms with van der Waals surface area (Å²) in [6, 6.07) is 9.95. The molecule has 0 aliphatic heterocycles. The molecule has 1 heterocycles. The molecule has 3 rings (SSSR count). The molecule has 0 saturated heterocycles. The van der Waals surface area contributed by atoms with Gasteiger partial charge in [0.2, 0.25) is 5.91 Å². The van der Waals surface area contributed by atoms with Crippen LogP contribution in [-0.2, 0) is 11.3 Å². The van der Waals surface area contributed by atoms with E-state index in [9.17, 15) is 9.59 Å². The van der Waals surface area contributed by atoms with Gasteiger partial charge in [-0.3, -0.25) is 14.5 Å². The average molecular weight is 440 g/mol. The summed E-state index contributed by atoms with van der Waals surface area (Å²) in [5.74, 6) is 0.192. The molecule has 28 heavy (non-hydrogen) atoms. The number of benzene rings is 2. The molecule has 0 radical (unpaired) electrons. The van der Waals surface area contributed by atoms with Crippen LogP contribution in [0.5, 0.6) is 0 Å². The van der Waals surface area contributed by atoms with Crippen molar-refractivity contribution in [3.8, 4) is 0 Å². The van der Waals surface area contributed by atoms with Crippen LogP contribution >= 0.6 is 34.8 Å². The Kier molecular flexibility index (Phi) is 6.57. The molecule has 6 nitrogen and oxygen atoms in total. The number of H-pyrrole nitrogens is 1. The zero-order valence-electron chi connectivity index (χ0n) is 14.9. The number of anilines is 1. The number of nitrogens with one attached hydrogen (secondary N) is 2. The fraction of sp³-hybridized carbons (Fsp3) is 0.211. The predicted octanol–water partition coefficient (Wildman–Crippen LogP) is 4.34. The van der Waals surface area contributed by atoms with Crippen molar-refractivity contribution in [2.24, 2.45) is 0 Å². The first-order chi connectivity index (χ1) is 13.4. The molecule has 2 N–H and O–H groups in total. The SMILES string of the molecule is CCN(CC(=O)Nc1c(Cl)cccc1Cl)Cc1nc2ccc(Cl)cc2c(=O)[nH]1. The van der Waals surface area contributed by atoms with Crippen LogP contribution in [0.3, 0.4) is 0 Å². The van der Waals surface area contributed by atoms with E-state index in [4.69, 9.17) is 34.8 Å². The molecule has 2 aromatic carbocycles. The standard InChI is InChI=1S/C19H17Cl3N4O2/c1-2-26(10-17(27)25-18-13(21)4-3-5-14(18)22)9-16-23-15-7-6-11(20)8-12(15)19(28)24-16/h3-8H,2,9-10H2,1H3,(H,25,27)(H,23,24,28). The van der Waals surface area contributed by atoms with Crippen LogP contribution in [0.1, 0.15) is 12.7 Å². The number of carbonyl (C=O) groups is 1. The minimum absolute atomic E-state index is 0.0837. The highest BCUT2D eigenvalue weighted by Crippen LogP contribution is 2.29. The minimum Gasteiger partial charge on any atom is -0.322 e. The summed E-state index contributed by atoms with van der Waals surface area (Å²) >= 11 is 18.1. The van der Waals surface area contributed by atoms with Gasteiger partial charge in [0.15, 0.2) is 0 Å². The van der Waals surface area contributed by atoms with E-state index >= 15 is 0 Å². The molecule has 0 aliphatic carbocycles. The molecule has 1 aromatic heterocycles. The van der Waals surface area contributed by atoms with Gasteiger partial charge in [-0.2, -0.15) is 0 Å². The molecule has 0 spiro atoms. The summed E-state index contributed by atoms with van der Waals surface area (Å²) < 4.78 is 0. The summed E-state index contributed by atoms with van der Waals surface area (Å²) in [6.07, 6.45) is 0. The molecule has 9 heteroatoms. The van der Waals surface area contributed by atoms with Gasteiger partial charge in [-0.1, -0.05) is 47.8 Å². The van der Waals surface area contributed by atoms with Gasteiger partial charge in [0.25, 0.3) is 5.56 Å². The second-order valence-electron chi connectivity index (χ2n) is 6.12. The lowest BCUT2D eigenvalue weighted by Crippen LogP contribution is -2.34. The first-order valence-electron chi connectivity index (χ1n) is 8.52. The smallest absolute Gasteiger partial charge is 0.258 e. The second kappa shape index (κ2) is 8.92. The number of aromatic amines is 1. The van der Waals surface area contributed by atoms with Crippen LogP contribution in [0.25, 0.3) is 10.9 Å². The summed E-state index contributed by atoms with van der Waals surface area (Å²) in [6.45, 7) is 2.87. The van der Waals surface area contributed by atoms with Gasteiger partial charge in [0.1, 0.15) is 5.82 Å². The highest BCUT2D eigenvalue weighted by Gasteiger charge is 2.15. The number of hydrogen-bond acceptors (Lipinski definition) is 4. The Labute approximate surface area is 176 Å². The number of halogens is 3. The van der Waals surface area contributed by atoms with Crippen molar-refractivity contribution in [2.45, 2.75) is 13.5 Å². The van der Waals surface area contributed by atoms with Crippen LogP contribution in [0.2, 0.25) is 15.1 Å². The molecule has 0 bridgehead atoms. The lowest BCUT2D eigenvalue weighted by atomic mass is 10.2. The third-order valence-electron chi connectivity index (χ3n) is 4.13. The molecule has 0 unspecified atom stereocenters. The quantitative estimate of drug-likeness (QED) is 0.599. The third kappa shape index (κ3) is 4.83. The molecule has 3 aromatic rings. The Morgan fingerprint density at radius 1 is 1.18 bits per heavy atom. The number of fused-ring (bicyclic) bond motifs is 1. The summed E-state index contributed by atoms with van der Waals surface area (Å²) in [5, 5.41) is 4.34. The fourth-order valence-corrected chi connectivity index (χ4v) is 3.39. The topological polar surface area (TPSA) is 78.1 Å². The molecule has 0 saturated carbocycles. The summed E-state index contributed by atoms with van der Waals surface area (Å²) in [4.78, 5) is 33.7. The van der Waals surface area contributed by atoms with E-state index in [0.717, 1.165) is 0 Å². The monoisotopic (exact) mass is 438 g/mol. The lowest BCUT2D eigenvalue weighted by molar-refractivity contribution is -0.117. The Balaban J connectivity index is 1.74. The van der Waals surface area contributed by atoms with Crippen molar-refractivity contribution in [2.75, 3.05) is 18.4 Å². The van der Waals surface area contributed by atoms with E-state index in [1.54, 1.807) is 36.4 Å². The number of hydrogen-bond donors (Lipinski definition) is 2. The van der Waals surface area contributed by atoms with E-state index < -0.39 is 0 Å². The van der Waals surface area contributed by atoms with Crippen molar-refractivity contribution in [1.29, 1.82) is 0 Å². The second-order valence-corrected chi connectivity index (χ2v) is 7.37.